The second kappa shape index (κ2) is 7.26. The Labute approximate surface area is 128 Å². The van der Waals surface area contributed by atoms with Crippen molar-refractivity contribution in [2.24, 2.45) is 4.99 Å². The Balaban J connectivity index is 2.11. The molecule has 22 heavy (non-hydrogen) atoms. The lowest BCUT2D eigenvalue weighted by molar-refractivity contribution is 0.0526. The summed E-state index contributed by atoms with van der Waals surface area (Å²) in [6.45, 7) is 2.11. The molecule has 1 N–H and O–H groups in total. The van der Waals surface area contributed by atoms with E-state index >= 15 is 0 Å². The van der Waals surface area contributed by atoms with Crippen LogP contribution < -0.4 is 4.74 Å². The average molecular weight is 299 g/mol. The second-order valence-corrected chi connectivity index (χ2v) is 4.46. The van der Waals surface area contributed by atoms with Crippen LogP contribution in [0.25, 0.3) is 0 Å². The van der Waals surface area contributed by atoms with E-state index in [9.17, 15) is 9.90 Å². The average Bonchev–Trinajstić information content (AvgIpc) is 2.55. The number of carbonyl (C=O) groups excluding carboxylic acids is 1. The number of rotatable bonds is 5. The lowest BCUT2D eigenvalue weighted by atomic mass is 10.2. The molecular weight excluding hydrogens is 282 g/mol. The predicted molar refractivity (Wildman–Crippen MR) is 84.3 cm³/mol. The van der Waals surface area contributed by atoms with Crippen molar-refractivity contribution in [2.75, 3.05) is 13.7 Å². The molecule has 0 radical (unpaired) electrons. The first-order valence-corrected chi connectivity index (χ1v) is 6.82. The van der Waals surface area contributed by atoms with Crippen LogP contribution in [0.4, 0.5) is 5.69 Å². The highest BCUT2D eigenvalue weighted by molar-refractivity contribution is 5.90. The molecule has 0 aliphatic carbocycles. The van der Waals surface area contributed by atoms with E-state index in [1.54, 1.807) is 55.6 Å². The molecule has 0 aliphatic rings. The molecule has 114 valence electrons. The molecule has 0 atom stereocenters. The van der Waals surface area contributed by atoms with Gasteiger partial charge in [-0.3, -0.25) is 4.99 Å². The van der Waals surface area contributed by atoms with Gasteiger partial charge in [-0.25, -0.2) is 4.79 Å². The molecule has 2 aromatic carbocycles. The Morgan fingerprint density at radius 2 is 1.95 bits per heavy atom. The molecule has 5 nitrogen and oxygen atoms in total. The van der Waals surface area contributed by atoms with Gasteiger partial charge in [0.15, 0.2) is 11.5 Å². The van der Waals surface area contributed by atoms with E-state index in [1.807, 2.05) is 0 Å². The standard InChI is InChI=1S/C17H17NO4/c1-3-22-17(20)13-5-7-14(8-6-13)18-11-12-4-9-15(19)16(10-12)21-2/h4-11,19H,3H2,1-2H3. The van der Waals surface area contributed by atoms with E-state index in [-0.39, 0.29) is 11.7 Å². The van der Waals surface area contributed by atoms with Crippen molar-refractivity contribution in [2.45, 2.75) is 6.92 Å². The minimum Gasteiger partial charge on any atom is -0.504 e. The van der Waals surface area contributed by atoms with Gasteiger partial charge in [-0.1, -0.05) is 0 Å². The molecule has 0 bridgehead atoms. The highest BCUT2D eigenvalue weighted by Crippen LogP contribution is 2.25. The third kappa shape index (κ3) is 3.85. The summed E-state index contributed by atoms with van der Waals surface area (Å²) in [5.74, 6) is 0.126. The van der Waals surface area contributed by atoms with Crippen LogP contribution >= 0.6 is 0 Å². The lowest BCUT2D eigenvalue weighted by Gasteiger charge is -2.03. The number of phenolic OH excluding ortho intramolecular Hbond substituents is 1. The van der Waals surface area contributed by atoms with E-state index in [2.05, 4.69) is 4.99 Å². The first-order chi connectivity index (χ1) is 10.6. The van der Waals surface area contributed by atoms with Crippen molar-refractivity contribution in [1.29, 1.82) is 0 Å². The van der Waals surface area contributed by atoms with Crippen molar-refractivity contribution < 1.29 is 19.4 Å². The van der Waals surface area contributed by atoms with E-state index in [0.29, 0.717) is 23.6 Å². The summed E-state index contributed by atoms with van der Waals surface area (Å²) in [6.07, 6.45) is 1.65. The number of aliphatic imine (C=N–C) groups is 1. The van der Waals surface area contributed by atoms with Crippen molar-refractivity contribution >= 4 is 17.9 Å². The molecule has 0 saturated carbocycles. The van der Waals surface area contributed by atoms with Gasteiger partial charge in [-0.15, -0.1) is 0 Å². The summed E-state index contributed by atoms with van der Waals surface area (Å²) >= 11 is 0. The predicted octanol–water partition coefficient (Wildman–Crippen LogP) is 3.33. The fraction of sp³-hybridized carbons (Fsp3) is 0.176. The number of esters is 1. The molecule has 2 aromatic rings. The zero-order valence-corrected chi connectivity index (χ0v) is 12.4. The number of ether oxygens (including phenoxy) is 2. The first kappa shape index (κ1) is 15.6. The van der Waals surface area contributed by atoms with Crippen LogP contribution in [0.5, 0.6) is 11.5 Å². The van der Waals surface area contributed by atoms with Crippen LogP contribution in [0, 0.1) is 0 Å². The van der Waals surface area contributed by atoms with Gasteiger partial charge in [0.1, 0.15) is 0 Å². The molecule has 0 aliphatic heterocycles. The number of benzene rings is 2. The Morgan fingerprint density at radius 1 is 1.23 bits per heavy atom. The quantitative estimate of drug-likeness (QED) is 0.679. The summed E-state index contributed by atoms with van der Waals surface area (Å²) in [6, 6.07) is 11.8. The lowest BCUT2D eigenvalue weighted by Crippen LogP contribution is -2.03. The SMILES string of the molecule is CCOC(=O)c1ccc(N=Cc2ccc(O)c(OC)c2)cc1. The summed E-state index contributed by atoms with van der Waals surface area (Å²) < 4.78 is 9.96. The molecule has 5 heteroatoms. The van der Waals surface area contributed by atoms with Crippen LogP contribution in [0.15, 0.2) is 47.5 Å². The number of aromatic hydroxyl groups is 1. The smallest absolute Gasteiger partial charge is 0.338 e. The van der Waals surface area contributed by atoms with Gasteiger partial charge in [-0.2, -0.15) is 0 Å². The van der Waals surface area contributed by atoms with Gasteiger partial charge in [-0.05, 0) is 55.0 Å². The van der Waals surface area contributed by atoms with Gasteiger partial charge in [0, 0.05) is 6.21 Å². The number of phenols is 1. The van der Waals surface area contributed by atoms with Gasteiger partial charge in [0.2, 0.25) is 0 Å². The maximum Gasteiger partial charge on any atom is 0.338 e. The number of carbonyl (C=O) groups is 1. The van der Waals surface area contributed by atoms with Crippen LogP contribution in [-0.2, 0) is 4.74 Å². The third-order valence-corrected chi connectivity index (χ3v) is 2.94. The Kier molecular flexibility index (Phi) is 5.14. The monoisotopic (exact) mass is 299 g/mol. The van der Waals surface area contributed by atoms with Crippen LogP contribution in [0.1, 0.15) is 22.8 Å². The zero-order valence-electron chi connectivity index (χ0n) is 12.4. The van der Waals surface area contributed by atoms with E-state index in [0.717, 1.165) is 5.56 Å². The first-order valence-electron chi connectivity index (χ1n) is 6.82. The minimum absolute atomic E-state index is 0.0819. The Bertz CT molecular complexity index is 678. The van der Waals surface area contributed by atoms with Crippen molar-refractivity contribution in [3.8, 4) is 11.5 Å². The molecule has 0 unspecified atom stereocenters. The van der Waals surface area contributed by atoms with Gasteiger partial charge < -0.3 is 14.6 Å². The van der Waals surface area contributed by atoms with Gasteiger partial charge in [0.25, 0.3) is 0 Å². The van der Waals surface area contributed by atoms with Crippen molar-refractivity contribution in [3.63, 3.8) is 0 Å². The molecule has 0 amide bonds. The van der Waals surface area contributed by atoms with E-state index < -0.39 is 0 Å². The van der Waals surface area contributed by atoms with Crippen LogP contribution in [0.2, 0.25) is 0 Å². The number of hydrogen-bond acceptors (Lipinski definition) is 5. The van der Waals surface area contributed by atoms with Crippen molar-refractivity contribution in [1.82, 2.24) is 0 Å². The van der Waals surface area contributed by atoms with Crippen molar-refractivity contribution in [3.05, 3.63) is 53.6 Å². The molecule has 0 fully saturated rings. The summed E-state index contributed by atoms with van der Waals surface area (Å²) in [4.78, 5) is 15.9. The molecule has 2 rings (SSSR count). The van der Waals surface area contributed by atoms with Crippen LogP contribution in [0.3, 0.4) is 0 Å². The number of nitrogens with zero attached hydrogens (tertiary/aromatic N) is 1. The molecule has 0 saturated heterocycles. The highest BCUT2D eigenvalue weighted by Gasteiger charge is 2.05. The zero-order chi connectivity index (χ0) is 15.9. The maximum atomic E-state index is 11.5. The maximum absolute atomic E-state index is 11.5. The number of hydrogen-bond donors (Lipinski definition) is 1. The summed E-state index contributed by atoms with van der Waals surface area (Å²) in [5.41, 5.74) is 2.00. The second-order valence-electron chi connectivity index (χ2n) is 4.46. The Morgan fingerprint density at radius 3 is 2.59 bits per heavy atom. The minimum atomic E-state index is -0.346. The molecule has 0 heterocycles. The molecule has 0 aromatic heterocycles. The van der Waals surface area contributed by atoms with Gasteiger partial charge in [0.05, 0.1) is 25.0 Å². The summed E-state index contributed by atoms with van der Waals surface area (Å²) in [5, 5.41) is 9.53. The fourth-order valence-electron chi connectivity index (χ4n) is 1.82. The highest BCUT2D eigenvalue weighted by atomic mass is 16.5. The normalized spacial score (nSPS) is 10.6. The fourth-order valence-corrected chi connectivity index (χ4v) is 1.82. The van der Waals surface area contributed by atoms with E-state index in [4.69, 9.17) is 9.47 Å². The molecule has 0 spiro atoms. The topological polar surface area (TPSA) is 68.1 Å². The summed E-state index contributed by atoms with van der Waals surface area (Å²) in [7, 11) is 1.49. The third-order valence-electron chi connectivity index (χ3n) is 2.94. The molecular formula is C17H17NO4. The van der Waals surface area contributed by atoms with E-state index in [1.165, 1.54) is 7.11 Å². The largest absolute Gasteiger partial charge is 0.504 e. The Hall–Kier alpha value is -2.82. The number of methoxy groups -OCH3 is 1. The van der Waals surface area contributed by atoms with Gasteiger partial charge >= 0.3 is 5.97 Å². The van der Waals surface area contributed by atoms with Crippen LogP contribution in [-0.4, -0.2) is 31.0 Å².